The van der Waals surface area contributed by atoms with Crippen molar-refractivity contribution >= 4 is 11.6 Å². The Hall–Kier alpha value is -1.59. The van der Waals surface area contributed by atoms with Crippen LogP contribution in [0.15, 0.2) is 18.2 Å². The van der Waals surface area contributed by atoms with Gasteiger partial charge in [-0.1, -0.05) is 6.07 Å². The molecule has 0 aromatic heterocycles. The number of rotatable bonds is 7. The molecule has 0 fully saturated rings. The molecule has 5 heteroatoms. The largest absolute Gasteiger partial charge is 0.398 e. The fourth-order valence-electron chi connectivity index (χ4n) is 1.65. The molecule has 18 heavy (non-hydrogen) atoms. The van der Waals surface area contributed by atoms with Crippen LogP contribution in [0.5, 0.6) is 0 Å². The molecule has 0 unspecified atom stereocenters. The fraction of sp³-hybridized carbons (Fsp3) is 0.462. The molecule has 0 atom stereocenters. The maximum Gasteiger partial charge on any atom is 0.248 e. The Morgan fingerprint density at radius 2 is 2.11 bits per heavy atom. The van der Waals surface area contributed by atoms with Crippen molar-refractivity contribution in [1.82, 2.24) is 10.2 Å². The summed E-state index contributed by atoms with van der Waals surface area (Å²) in [7, 11) is 4.11. The lowest BCUT2D eigenvalue weighted by Gasteiger charge is -2.11. The number of nitrogen functional groups attached to an aromatic ring is 1. The fourth-order valence-corrected chi connectivity index (χ4v) is 1.65. The molecule has 0 saturated carbocycles. The highest BCUT2D eigenvalue weighted by Crippen LogP contribution is 2.13. The van der Waals surface area contributed by atoms with E-state index in [1.807, 2.05) is 6.07 Å². The molecule has 5 nitrogen and oxygen atoms in total. The molecule has 0 aliphatic rings. The molecule has 0 radical (unpaired) electrons. The van der Waals surface area contributed by atoms with Crippen LogP contribution < -0.4 is 16.8 Å². The summed E-state index contributed by atoms with van der Waals surface area (Å²) < 4.78 is 0. The second-order valence-corrected chi connectivity index (χ2v) is 4.61. The van der Waals surface area contributed by atoms with Crippen LogP contribution in [0, 0.1) is 0 Å². The predicted molar refractivity (Wildman–Crippen MR) is 74.3 cm³/mol. The van der Waals surface area contributed by atoms with Crippen LogP contribution >= 0.6 is 0 Å². The number of benzene rings is 1. The Labute approximate surface area is 108 Å². The number of nitrogens with two attached hydrogens (primary N) is 2. The van der Waals surface area contributed by atoms with Gasteiger partial charge in [0.2, 0.25) is 5.91 Å². The van der Waals surface area contributed by atoms with E-state index in [0.29, 0.717) is 17.8 Å². The molecule has 0 bridgehead atoms. The third-order valence-electron chi connectivity index (χ3n) is 2.70. The summed E-state index contributed by atoms with van der Waals surface area (Å²) in [6.45, 7) is 2.70. The second kappa shape index (κ2) is 6.98. The molecule has 5 N–H and O–H groups in total. The van der Waals surface area contributed by atoms with Crippen LogP contribution in [0.3, 0.4) is 0 Å². The van der Waals surface area contributed by atoms with E-state index >= 15 is 0 Å². The molecule has 1 aromatic carbocycles. The SMILES string of the molecule is CN(C)CCCNCc1ccc(C(N)=O)cc1N. The van der Waals surface area contributed by atoms with Gasteiger partial charge >= 0.3 is 0 Å². The first-order chi connectivity index (χ1) is 8.50. The van der Waals surface area contributed by atoms with Crippen LogP contribution in [-0.2, 0) is 6.54 Å². The molecule has 0 aliphatic carbocycles. The van der Waals surface area contributed by atoms with Crippen molar-refractivity contribution in [2.45, 2.75) is 13.0 Å². The van der Waals surface area contributed by atoms with E-state index in [9.17, 15) is 4.79 Å². The number of primary amides is 1. The van der Waals surface area contributed by atoms with Crippen molar-refractivity contribution in [3.05, 3.63) is 29.3 Å². The highest BCUT2D eigenvalue weighted by molar-refractivity contribution is 5.93. The molecular weight excluding hydrogens is 228 g/mol. The van der Waals surface area contributed by atoms with Gasteiger partial charge in [-0.2, -0.15) is 0 Å². The number of hydrogen-bond acceptors (Lipinski definition) is 4. The Kier molecular flexibility index (Phi) is 5.61. The monoisotopic (exact) mass is 250 g/mol. The van der Waals surface area contributed by atoms with Gasteiger partial charge in [0.15, 0.2) is 0 Å². The number of hydrogen-bond donors (Lipinski definition) is 3. The highest BCUT2D eigenvalue weighted by atomic mass is 16.1. The van der Waals surface area contributed by atoms with Crippen molar-refractivity contribution < 1.29 is 4.79 Å². The van der Waals surface area contributed by atoms with E-state index < -0.39 is 5.91 Å². The van der Waals surface area contributed by atoms with Gasteiger partial charge in [0, 0.05) is 17.8 Å². The third-order valence-corrected chi connectivity index (χ3v) is 2.70. The van der Waals surface area contributed by atoms with Crippen LogP contribution in [-0.4, -0.2) is 38.0 Å². The van der Waals surface area contributed by atoms with Gasteiger partial charge in [-0.25, -0.2) is 0 Å². The summed E-state index contributed by atoms with van der Waals surface area (Å²) in [5.41, 5.74) is 13.1. The minimum atomic E-state index is -0.452. The molecule has 0 heterocycles. The highest BCUT2D eigenvalue weighted by Gasteiger charge is 2.04. The van der Waals surface area contributed by atoms with Gasteiger partial charge in [-0.05, 0) is 51.3 Å². The minimum Gasteiger partial charge on any atom is -0.398 e. The number of anilines is 1. The molecule has 100 valence electrons. The van der Waals surface area contributed by atoms with E-state index in [1.54, 1.807) is 12.1 Å². The van der Waals surface area contributed by atoms with Crippen LogP contribution in [0.1, 0.15) is 22.3 Å². The Morgan fingerprint density at radius 1 is 1.39 bits per heavy atom. The van der Waals surface area contributed by atoms with Crippen molar-refractivity contribution in [1.29, 1.82) is 0 Å². The topological polar surface area (TPSA) is 84.4 Å². The number of carbonyl (C=O) groups excluding carboxylic acids is 1. The maximum absolute atomic E-state index is 11.0. The zero-order valence-electron chi connectivity index (χ0n) is 11.1. The van der Waals surface area contributed by atoms with Crippen molar-refractivity contribution in [3.63, 3.8) is 0 Å². The first-order valence-electron chi connectivity index (χ1n) is 6.04. The van der Waals surface area contributed by atoms with Gasteiger partial charge in [-0.15, -0.1) is 0 Å². The lowest BCUT2D eigenvalue weighted by atomic mass is 10.1. The standard InChI is InChI=1S/C13H22N4O/c1-17(2)7-3-6-16-9-11-5-4-10(13(15)18)8-12(11)14/h4-5,8,16H,3,6-7,9,14H2,1-2H3,(H2,15,18). The van der Waals surface area contributed by atoms with Crippen LogP contribution in [0.4, 0.5) is 5.69 Å². The average Bonchev–Trinajstić information content (AvgIpc) is 2.29. The van der Waals surface area contributed by atoms with Crippen LogP contribution in [0.2, 0.25) is 0 Å². The number of carbonyl (C=O) groups is 1. The summed E-state index contributed by atoms with van der Waals surface area (Å²) >= 11 is 0. The number of nitrogens with zero attached hydrogens (tertiary/aromatic N) is 1. The predicted octanol–water partition coefficient (Wildman–Crippen LogP) is 0.409. The third kappa shape index (κ3) is 4.73. The zero-order chi connectivity index (χ0) is 13.5. The zero-order valence-corrected chi connectivity index (χ0v) is 11.1. The lowest BCUT2D eigenvalue weighted by Crippen LogP contribution is -2.21. The molecule has 1 aromatic rings. The van der Waals surface area contributed by atoms with Gasteiger partial charge in [-0.3, -0.25) is 4.79 Å². The molecule has 0 aliphatic heterocycles. The van der Waals surface area contributed by atoms with Gasteiger partial charge in [0.05, 0.1) is 0 Å². The summed E-state index contributed by atoms with van der Waals surface area (Å²) in [6.07, 6.45) is 1.09. The molecule has 1 rings (SSSR count). The second-order valence-electron chi connectivity index (χ2n) is 4.61. The van der Waals surface area contributed by atoms with E-state index in [2.05, 4.69) is 24.3 Å². The minimum absolute atomic E-state index is 0.448. The van der Waals surface area contributed by atoms with E-state index in [0.717, 1.165) is 25.1 Å². The van der Waals surface area contributed by atoms with Crippen molar-refractivity contribution in [2.24, 2.45) is 5.73 Å². The van der Waals surface area contributed by atoms with E-state index in [4.69, 9.17) is 11.5 Å². The van der Waals surface area contributed by atoms with Crippen LogP contribution in [0.25, 0.3) is 0 Å². The van der Waals surface area contributed by atoms with E-state index in [-0.39, 0.29) is 0 Å². The number of nitrogens with one attached hydrogen (secondary N) is 1. The lowest BCUT2D eigenvalue weighted by molar-refractivity contribution is 0.100. The maximum atomic E-state index is 11.0. The smallest absolute Gasteiger partial charge is 0.248 e. The number of amides is 1. The molecular formula is C13H22N4O. The Balaban J connectivity index is 2.41. The summed E-state index contributed by atoms with van der Waals surface area (Å²) in [6, 6.07) is 5.17. The quantitative estimate of drug-likeness (QED) is 0.483. The molecule has 0 spiro atoms. The first kappa shape index (κ1) is 14.5. The summed E-state index contributed by atoms with van der Waals surface area (Å²) in [5, 5.41) is 3.32. The van der Waals surface area contributed by atoms with E-state index in [1.165, 1.54) is 0 Å². The molecule has 1 amide bonds. The average molecular weight is 250 g/mol. The molecule has 0 saturated heterocycles. The van der Waals surface area contributed by atoms with Crippen molar-refractivity contribution in [3.8, 4) is 0 Å². The van der Waals surface area contributed by atoms with Gasteiger partial charge in [0.25, 0.3) is 0 Å². The summed E-state index contributed by atoms with van der Waals surface area (Å²) in [4.78, 5) is 13.1. The van der Waals surface area contributed by atoms with Crippen molar-refractivity contribution in [2.75, 3.05) is 32.9 Å². The Bertz CT molecular complexity index is 404. The van der Waals surface area contributed by atoms with Gasteiger partial charge < -0.3 is 21.7 Å². The first-order valence-corrected chi connectivity index (χ1v) is 6.04. The van der Waals surface area contributed by atoms with Gasteiger partial charge in [0.1, 0.15) is 0 Å². The summed E-state index contributed by atoms with van der Waals surface area (Å²) in [5.74, 6) is -0.452. The Morgan fingerprint density at radius 3 is 2.67 bits per heavy atom. The normalized spacial score (nSPS) is 10.8.